The smallest absolute Gasteiger partial charge is 0.251 e. The maximum absolute atomic E-state index is 13.0. The average molecular weight is 457 g/mol. The quantitative estimate of drug-likeness (QED) is 0.405. The molecule has 3 aromatic carbocycles. The van der Waals surface area contributed by atoms with E-state index < -0.39 is 5.92 Å². The van der Waals surface area contributed by atoms with Crippen molar-refractivity contribution in [3.8, 4) is 11.8 Å². The summed E-state index contributed by atoms with van der Waals surface area (Å²) in [5, 5.41) is 18.1. The van der Waals surface area contributed by atoms with E-state index in [0.717, 1.165) is 22.6 Å². The summed E-state index contributed by atoms with van der Waals surface area (Å²) in [4.78, 5) is 25.6. The molecule has 7 heteroatoms. The van der Waals surface area contributed by atoms with Gasteiger partial charge in [-0.1, -0.05) is 29.8 Å². The average Bonchev–Trinajstić information content (AvgIpc) is 2.87. The summed E-state index contributed by atoms with van der Waals surface area (Å²) in [5.41, 5.74) is 3.68. The number of nitrogens with one attached hydrogen (secondary N) is 3. The molecule has 0 spiro atoms. The molecule has 0 aliphatic carbocycles. The number of rotatable bonds is 10. The van der Waals surface area contributed by atoms with Crippen LogP contribution in [0.2, 0.25) is 0 Å². The number of methoxy groups -OCH3 is 1. The standard InChI is InChI=1S/C27H28N4O3/c1-19-4-3-5-22(16-19)26(32)31-18-25(21-8-6-20(17-28)7-9-21)27(33)30-15-14-29-23-10-12-24(34-2)13-11-23/h3-13,16,25,29H,14-15,18H2,1-2H3,(H,30,33)(H,31,32). The van der Waals surface area contributed by atoms with Crippen molar-refractivity contribution in [1.82, 2.24) is 10.6 Å². The molecule has 2 amide bonds. The van der Waals surface area contributed by atoms with E-state index in [0.29, 0.717) is 24.2 Å². The van der Waals surface area contributed by atoms with E-state index in [1.165, 1.54) is 0 Å². The van der Waals surface area contributed by atoms with Gasteiger partial charge >= 0.3 is 0 Å². The third-order valence-electron chi connectivity index (χ3n) is 5.35. The molecule has 1 atom stereocenters. The number of hydrogen-bond acceptors (Lipinski definition) is 5. The zero-order valence-electron chi connectivity index (χ0n) is 19.3. The number of amides is 2. The fraction of sp³-hybridized carbons (Fsp3) is 0.222. The van der Waals surface area contributed by atoms with Crippen LogP contribution in [0.3, 0.4) is 0 Å². The van der Waals surface area contributed by atoms with Crippen LogP contribution in [-0.2, 0) is 4.79 Å². The number of ether oxygens (including phenoxy) is 1. The van der Waals surface area contributed by atoms with Gasteiger partial charge in [0, 0.05) is 30.9 Å². The highest BCUT2D eigenvalue weighted by Crippen LogP contribution is 2.17. The molecule has 3 aromatic rings. The lowest BCUT2D eigenvalue weighted by molar-refractivity contribution is -0.122. The van der Waals surface area contributed by atoms with Crippen LogP contribution in [0.15, 0.2) is 72.8 Å². The summed E-state index contributed by atoms with van der Waals surface area (Å²) in [6, 6.07) is 23.7. The molecule has 0 radical (unpaired) electrons. The summed E-state index contributed by atoms with van der Waals surface area (Å²) in [6.45, 7) is 3.00. The van der Waals surface area contributed by atoms with Crippen molar-refractivity contribution in [2.24, 2.45) is 0 Å². The second kappa shape index (κ2) is 12.1. The summed E-state index contributed by atoms with van der Waals surface area (Å²) in [5.74, 6) is -0.263. The van der Waals surface area contributed by atoms with Gasteiger partial charge in [-0.3, -0.25) is 9.59 Å². The van der Waals surface area contributed by atoms with Crippen LogP contribution in [0, 0.1) is 18.3 Å². The van der Waals surface area contributed by atoms with Crippen molar-refractivity contribution < 1.29 is 14.3 Å². The van der Waals surface area contributed by atoms with Crippen molar-refractivity contribution in [3.05, 3.63) is 95.1 Å². The second-order valence-electron chi connectivity index (χ2n) is 7.81. The van der Waals surface area contributed by atoms with Crippen molar-refractivity contribution in [2.45, 2.75) is 12.8 Å². The molecular weight excluding hydrogens is 428 g/mol. The zero-order valence-corrected chi connectivity index (χ0v) is 19.3. The molecule has 0 saturated heterocycles. The summed E-state index contributed by atoms with van der Waals surface area (Å²) in [6.07, 6.45) is 0. The van der Waals surface area contributed by atoms with Crippen molar-refractivity contribution in [2.75, 3.05) is 32.1 Å². The van der Waals surface area contributed by atoms with Crippen LogP contribution in [-0.4, -0.2) is 38.6 Å². The SMILES string of the molecule is COc1ccc(NCCNC(=O)C(CNC(=O)c2cccc(C)c2)c2ccc(C#N)cc2)cc1. The number of carbonyl (C=O) groups excluding carboxylic acids is 2. The largest absolute Gasteiger partial charge is 0.497 e. The summed E-state index contributed by atoms with van der Waals surface area (Å²) >= 11 is 0. The minimum absolute atomic E-state index is 0.135. The Balaban J connectivity index is 1.61. The molecule has 0 aliphatic rings. The van der Waals surface area contributed by atoms with Gasteiger partial charge in [0.15, 0.2) is 0 Å². The molecule has 34 heavy (non-hydrogen) atoms. The molecule has 0 fully saturated rings. The first-order chi connectivity index (χ1) is 16.5. The van der Waals surface area contributed by atoms with Crippen LogP contribution in [0.1, 0.15) is 33.0 Å². The Hall–Kier alpha value is -4.31. The Morgan fingerprint density at radius 2 is 1.71 bits per heavy atom. The second-order valence-corrected chi connectivity index (χ2v) is 7.81. The minimum atomic E-state index is -0.595. The van der Waals surface area contributed by atoms with E-state index in [2.05, 4.69) is 22.0 Å². The highest BCUT2D eigenvalue weighted by atomic mass is 16.5. The van der Waals surface area contributed by atoms with E-state index in [1.54, 1.807) is 43.5 Å². The van der Waals surface area contributed by atoms with Gasteiger partial charge in [0.05, 0.1) is 24.7 Å². The molecular formula is C27H28N4O3. The van der Waals surface area contributed by atoms with Gasteiger partial charge in [0.2, 0.25) is 5.91 Å². The highest BCUT2D eigenvalue weighted by Gasteiger charge is 2.21. The fourth-order valence-corrected chi connectivity index (χ4v) is 3.46. The van der Waals surface area contributed by atoms with Crippen LogP contribution in [0.5, 0.6) is 5.75 Å². The summed E-state index contributed by atoms with van der Waals surface area (Å²) in [7, 11) is 1.62. The number of nitrogens with zero attached hydrogens (tertiary/aromatic N) is 1. The van der Waals surface area contributed by atoms with Gasteiger partial charge in [-0.25, -0.2) is 0 Å². The normalized spacial score (nSPS) is 11.1. The van der Waals surface area contributed by atoms with Crippen LogP contribution < -0.4 is 20.7 Å². The Labute approximate surface area is 199 Å². The van der Waals surface area contributed by atoms with Gasteiger partial charge in [-0.15, -0.1) is 0 Å². The molecule has 1 unspecified atom stereocenters. The molecule has 3 N–H and O–H groups in total. The number of nitriles is 1. The first kappa shape index (κ1) is 24.3. The molecule has 0 aliphatic heterocycles. The number of aryl methyl sites for hydroxylation is 1. The van der Waals surface area contributed by atoms with Gasteiger partial charge < -0.3 is 20.7 Å². The minimum Gasteiger partial charge on any atom is -0.497 e. The number of benzene rings is 3. The van der Waals surface area contributed by atoms with Gasteiger partial charge in [-0.2, -0.15) is 5.26 Å². The number of anilines is 1. The molecule has 174 valence electrons. The molecule has 0 heterocycles. The number of carbonyl (C=O) groups is 2. The lowest BCUT2D eigenvalue weighted by Crippen LogP contribution is -2.39. The van der Waals surface area contributed by atoms with E-state index in [1.807, 2.05) is 43.3 Å². The van der Waals surface area contributed by atoms with E-state index in [-0.39, 0.29) is 18.4 Å². The highest BCUT2D eigenvalue weighted by molar-refractivity contribution is 5.95. The molecule has 3 rings (SSSR count). The lowest BCUT2D eigenvalue weighted by Gasteiger charge is -2.18. The Morgan fingerprint density at radius 3 is 2.35 bits per heavy atom. The lowest BCUT2D eigenvalue weighted by atomic mass is 9.96. The van der Waals surface area contributed by atoms with E-state index >= 15 is 0 Å². The van der Waals surface area contributed by atoms with Crippen molar-refractivity contribution in [1.29, 1.82) is 5.26 Å². The summed E-state index contributed by atoms with van der Waals surface area (Å²) < 4.78 is 5.15. The Morgan fingerprint density at radius 1 is 0.971 bits per heavy atom. The fourth-order valence-electron chi connectivity index (χ4n) is 3.46. The van der Waals surface area contributed by atoms with Crippen molar-refractivity contribution in [3.63, 3.8) is 0 Å². The third kappa shape index (κ3) is 6.84. The van der Waals surface area contributed by atoms with Gasteiger partial charge in [-0.05, 0) is 61.0 Å². The topological polar surface area (TPSA) is 103 Å². The van der Waals surface area contributed by atoms with Crippen molar-refractivity contribution >= 4 is 17.5 Å². The predicted octanol–water partition coefficient (Wildman–Crippen LogP) is 3.62. The van der Waals surface area contributed by atoms with Crippen LogP contribution in [0.4, 0.5) is 5.69 Å². The molecule has 0 aromatic heterocycles. The molecule has 0 saturated carbocycles. The Kier molecular flexibility index (Phi) is 8.64. The Bertz CT molecular complexity index is 1150. The monoisotopic (exact) mass is 456 g/mol. The van der Waals surface area contributed by atoms with Gasteiger partial charge in [0.1, 0.15) is 5.75 Å². The van der Waals surface area contributed by atoms with E-state index in [4.69, 9.17) is 10.00 Å². The first-order valence-corrected chi connectivity index (χ1v) is 11.0. The number of hydrogen-bond donors (Lipinski definition) is 3. The molecule has 7 nitrogen and oxygen atoms in total. The first-order valence-electron chi connectivity index (χ1n) is 11.0. The predicted molar refractivity (Wildman–Crippen MR) is 132 cm³/mol. The van der Waals surface area contributed by atoms with Gasteiger partial charge in [0.25, 0.3) is 5.91 Å². The van der Waals surface area contributed by atoms with Crippen LogP contribution in [0.25, 0.3) is 0 Å². The maximum Gasteiger partial charge on any atom is 0.251 e. The maximum atomic E-state index is 13.0. The molecule has 0 bridgehead atoms. The van der Waals surface area contributed by atoms with Crippen LogP contribution >= 0.6 is 0 Å². The zero-order chi connectivity index (χ0) is 24.3. The third-order valence-corrected chi connectivity index (χ3v) is 5.35. The van der Waals surface area contributed by atoms with E-state index in [9.17, 15) is 9.59 Å².